The molecule has 1 aromatic carbocycles. The van der Waals surface area contributed by atoms with Gasteiger partial charge < -0.3 is 10.3 Å². The molecule has 2 aromatic rings. The van der Waals surface area contributed by atoms with Crippen LogP contribution in [-0.4, -0.2) is 9.55 Å². The van der Waals surface area contributed by atoms with Gasteiger partial charge in [-0.15, -0.1) is 6.42 Å². The molecule has 1 heterocycles. The Kier molecular flexibility index (Phi) is 3.52. The molecule has 2 N–H and O–H groups in total. The fourth-order valence-electron chi connectivity index (χ4n) is 1.87. The minimum Gasteiger partial charge on any atom is -0.383 e. The van der Waals surface area contributed by atoms with Gasteiger partial charge in [0.2, 0.25) is 0 Å². The zero-order valence-electron chi connectivity index (χ0n) is 10.4. The van der Waals surface area contributed by atoms with Crippen molar-refractivity contribution in [2.45, 2.75) is 19.9 Å². The van der Waals surface area contributed by atoms with Gasteiger partial charge in [-0.2, -0.15) is 0 Å². The molecular weight excluding hydrogens is 248 g/mol. The van der Waals surface area contributed by atoms with E-state index in [-0.39, 0.29) is 5.56 Å². The molecule has 0 aliphatic carbocycles. The Balaban J connectivity index is 2.42. The summed E-state index contributed by atoms with van der Waals surface area (Å²) in [6.07, 6.45) is 2.78. The highest BCUT2D eigenvalue weighted by molar-refractivity contribution is 5.71. The zero-order chi connectivity index (χ0) is 14.0. The number of rotatable bonds is 3. The van der Waals surface area contributed by atoms with Crippen molar-refractivity contribution in [3.63, 3.8) is 0 Å². The molecule has 0 saturated heterocycles. The maximum absolute atomic E-state index is 12.5. The summed E-state index contributed by atoms with van der Waals surface area (Å²) < 4.78 is 26.7. The number of anilines is 1. The number of nitrogens with zero attached hydrogens (tertiary/aromatic N) is 2. The van der Waals surface area contributed by atoms with Crippen LogP contribution in [0, 0.1) is 19.3 Å². The summed E-state index contributed by atoms with van der Waals surface area (Å²) in [5.41, 5.74) is 7.21. The van der Waals surface area contributed by atoms with E-state index in [1.54, 1.807) is 23.6 Å². The molecule has 0 aliphatic rings. The predicted octanol–water partition coefficient (Wildman–Crippen LogP) is 3.01. The van der Waals surface area contributed by atoms with Gasteiger partial charge >= 0.3 is 0 Å². The average molecular weight is 261 g/mol. The van der Waals surface area contributed by atoms with E-state index in [2.05, 4.69) is 10.9 Å². The van der Waals surface area contributed by atoms with Crippen LogP contribution in [0.15, 0.2) is 24.3 Å². The first kappa shape index (κ1) is 13.1. The molecule has 0 atom stereocenters. The van der Waals surface area contributed by atoms with E-state index in [0.29, 0.717) is 29.4 Å². The molecule has 0 fully saturated rings. The summed E-state index contributed by atoms with van der Waals surface area (Å²) in [4.78, 5) is 4.33. The highest BCUT2D eigenvalue weighted by Crippen LogP contribution is 2.28. The molecule has 1 aromatic heterocycles. The van der Waals surface area contributed by atoms with Crippen LogP contribution in [0.4, 0.5) is 14.6 Å². The number of aryl methyl sites for hydroxylation is 1. The van der Waals surface area contributed by atoms with Gasteiger partial charge in [-0.05, 0) is 6.92 Å². The maximum Gasteiger partial charge on any atom is 0.263 e. The minimum atomic E-state index is -2.48. The predicted molar refractivity (Wildman–Crippen MR) is 70.6 cm³/mol. The second-order valence-electron chi connectivity index (χ2n) is 4.11. The van der Waals surface area contributed by atoms with E-state index in [1.165, 1.54) is 12.1 Å². The first-order valence-electron chi connectivity index (χ1n) is 5.69. The Labute approximate surface area is 110 Å². The van der Waals surface area contributed by atoms with Crippen LogP contribution in [0.5, 0.6) is 0 Å². The number of imidazole rings is 1. The van der Waals surface area contributed by atoms with Crippen LogP contribution in [-0.2, 0) is 6.54 Å². The van der Waals surface area contributed by atoms with E-state index in [4.69, 9.17) is 12.2 Å². The van der Waals surface area contributed by atoms with Crippen LogP contribution in [0.25, 0.3) is 11.3 Å². The monoisotopic (exact) mass is 261 g/mol. The number of nitrogens with two attached hydrogens (primary N) is 1. The molecule has 0 spiro atoms. The van der Waals surface area contributed by atoms with Gasteiger partial charge in [-0.3, -0.25) is 0 Å². The number of hydrogen-bond acceptors (Lipinski definition) is 2. The van der Waals surface area contributed by atoms with Gasteiger partial charge in [0.1, 0.15) is 17.3 Å². The number of benzene rings is 1. The fraction of sp³-hybridized carbons (Fsp3) is 0.214. The van der Waals surface area contributed by atoms with Crippen molar-refractivity contribution >= 4 is 5.82 Å². The largest absolute Gasteiger partial charge is 0.383 e. The molecule has 0 amide bonds. The molecule has 0 bridgehead atoms. The number of hydrogen-bond donors (Lipinski definition) is 1. The van der Waals surface area contributed by atoms with Crippen molar-refractivity contribution in [3.8, 4) is 23.6 Å². The standard InChI is InChI=1S/C14H13F2N3/c1-3-8-19-9(2)18-12(14(19)17)10-4-6-11(7-5-10)13(15)16/h1,4-7,13H,8,17H2,2H3. The number of alkyl halides is 2. The molecule has 3 nitrogen and oxygen atoms in total. The lowest BCUT2D eigenvalue weighted by atomic mass is 10.1. The molecule has 0 unspecified atom stereocenters. The van der Waals surface area contributed by atoms with Crippen molar-refractivity contribution in [1.82, 2.24) is 9.55 Å². The number of halogens is 2. The Morgan fingerprint density at radius 2 is 2.00 bits per heavy atom. The van der Waals surface area contributed by atoms with E-state index in [1.807, 2.05) is 0 Å². The molecule has 5 heteroatoms. The molecule has 19 heavy (non-hydrogen) atoms. The van der Waals surface area contributed by atoms with E-state index in [0.717, 1.165) is 0 Å². The third kappa shape index (κ3) is 2.43. The SMILES string of the molecule is C#CCn1c(C)nc(-c2ccc(C(F)F)cc2)c1N. The van der Waals surface area contributed by atoms with Gasteiger partial charge in [-0.1, -0.05) is 30.2 Å². The third-order valence-corrected chi connectivity index (χ3v) is 2.88. The number of aromatic nitrogens is 2. The van der Waals surface area contributed by atoms with Crippen molar-refractivity contribution < 1.29 is 8.78 Å². The van der Waals surface area contributed by atoms with E-state index in [9.17, 15) is 8.78 Å². The lowest BCUT2D eigenvalue weighted by Gasteiger charge is -2.04. The fourth-order valence-corrected chi connectivity index (χ4v) is 1.87. The van der Waals surface area contributed by atoms with Gasteiger partial charge in [0.15, 0.2) is 0 Å². The van der Waals surface area contributed by atoms with Crippen LogP contribution >= 0.6 is 0 Å². The molecule has 0 radical (unpaired) electrons. The lowest BCUT2D eigenvalue weighted by molar-refractivity contribution is 0.151. The van der Waals surface area contributed by atoms with E-state index >= 15 is 0 Å². The summed E-state index contributed by atoms with van der Waals surface area (Å²) in [6, 6.07) is 5.91. The van der Waals surface area contributed by atoms with Crippen molar-refractivity contribution in [2.75, 3.05) is 5.73 Å². The Morgan fingerprint density at radius 3 is 2.53 bits per heavy atom. The normalized spacial score (nSPS) is 10.7. The Morgan fingerprint density at radius 1 is 1.37 bits per heavy atom. The zero-order valence-corrected chi connectivity index (χ0v) is 10.4. The van der Waals surface area contributed by atoms with Crippen molar-refractivity contribution in [3.05, 3.63) is 35.7 Å². The van der Waals surface area contributed by atoms with Crippen LogP contribution in [0.3, 0.4) is 0 Å². The number of nitrogen functional groups attached to an aromatic ring is 1. The average Bonchev–Trinajstić information content (AvgIpc) is 2.67. The van der Waals surface area contributed by atoms with Crippen LogP contribution < -0.4 is 5.73 Å². The highest BCUT2D eigenvalue weighted by Gasteiger charge is 2.14. The summed E-state index contributed by atoms with van der Waals surface area (Å²) in [7, 11) is 0. The first-order chi connectivity index (χ1) is 9.04. The Hall–Kier alpha value is -2.35. The maximum atomic E-state index is 12.5. The third-order valence-electron chi connectivity index (χ3n) is 2.88. The molecular formula is C14H13F2N3. The summed E-state index contributed by atoms with van der Waals surface area (Å²) in [5.74, 6) is 3.64. The van der Waals surface area contributed by atoms with E-state index < -0.39 is 6.43 Å². The second kappa shape index (κ2) is 5.11. The minimum absolute atomic E-state index is 0.0258. The molecule has 98 valence electrons. The Bertz CT molecular complexity index is 621. The molecule has 0 aliphatic heterocycles. The summed E-state index contributed by atoms with van der Waals surface area (Å²) in [6.45, 7) is 2.13. The van der Waals surface area contributed by atoms with Crippen molar-refractivity contribution in [1.29, 1.82) is 0 Å². The van der Waals surface area contributed by atoms with Crippen LogP contribution in [0.2, 0.25) is 0 Å². The highest BCUT2D eigenvalue weighted by atomic mass is 19.3. The first-order valence-corrected chi connectivity index (χ1v) is 5.69. The smallest absolute Gasteiger partial charge is 0.263 e. The van der Waals surface area contributed by atoms with Gasteiger partial charge in [0.25, 0.3) is 6.43 Å². The summed E-state index contributed by atoms with van der Waals surface area (Å²) >= 11 is 0. The van der Waals surface area contributed by atoms with Gasteiger partial charge in [0, 0.05) is 11.1 Å². The molecule has 0 saturated carbocycles. The summed E-state index contributed by atoms with van der Waals surface area (Å²) in [5, 5.41) is 0. The van der Waals surface area contributed by atoms with Gasteiger partial charge in [0.05, 0.1) is 6.54 Å². The van der Waals surface area contributed by atoms with Gasteiger partial charge in [-0.25, -0.2) is 13.8 Å². The lowest BCUT2D eigenvalue weighted by Crippen LogP contribution is -2.03. The number of terminal acetylenes is 1. The topological polar surface area (TPSA) is 43.8 Å². The van der Waals surface area contributed by atoms with Crippen molar-refractivity contribution in [2.24, 2.45) is 0 Å². The quantitative estimate of drug-likeness (QED) is 0.863. The second-order valence-corrected chi connectivity index (χ2v) is 4.11. The van der Waals surface area contributed by atoms with Crippen LogP contribution in [0.1, 0.15) is 17.8 Å². The molecule has 2 rings (SSSR count).